The second-order valence-corrected chi connectivity index (χ2v) is 11.8. The number of allylic oxidation sites excluding steroid dienone is 6. The number of carbonyl (C=O) groups excluding carboxylic acids is 4. The Kier molecular flexibility index (Phi) is 7.04. The average molecular weight is 634 g/mol. The summed E-state index contributed by atoms with van der Waals surface area (Å²) in [6, 6.07) is 9.47. The highest BCUT2D eigenvalue weighted by Gasteiger charge is 2.56. The molecule has 42 heavy (non-hydrogen) atoms. The van der Waals surface area contributed by atoms with Gasteiger partial charge in [-0.2, -0.15) is 0 Å². The molecule has 0 aromatic heterocycles. The van der Waals surface area contributed by atoms with Crippen molar-refractivity contribution in [3.05, 3.63) is 80.9 Å². The highest BCUT2D eigenvalue weighted by molar-refractivity contribution is 9.12. The molecule has 6 rings (SSSR count). The second-order valence-electron chi connectivity index (χ2n) is 10.9. The van der Waals surface area contributed by atoms with Crippen LogP contribution in [0.15, 0.2) is 69.8 Å². The molecular weight excluding hydrogens is 606 g/mol. The molecule has 2 N–H and O–H groups in total. The van der Waals surface area contributed by atoms with Gasteiger partial charge in [0.1, 0.15) is 23.0 Å². The van der Waals surface area contributed by atoms with Gasteiger partial charge >= 0.3 is 0 Å². The van der Waals surface area contributed by atoms with Gasteiger partial charge in [0.15, 0.2) is 11.6 Å². The van der Waals surface area contributed by atoms with Gasteiger partial charge in [-0.25, -0.2) is 0 Å². The Labute approximate surface area is 250 Å². The van der Waals surface area contributed by atoms with Crippen LogP contribution in [-0.4, -0.2) is 59.3 Å². The van der Waals surface area contributed by atoms with E-state index in [4.69, 9.17) is 9.47 Å². The van der Waals surface area contributed by atoms with E-state index < -0.39 is 23.7 Å². The number of aromatic hydroxyl groups is 2. The second kappa shape index (κ2) is 10.6. The molecule has 4 atom stereocenters. The molecule has 0 radical (unpaired) electrons. The minimum Gasteiger partial charge on any atom is -0.508 e. The zero-order valence-electron chi connectivity index (χ0n) is 22.9. The lowest BCUT2D eigenvalue weighted by atomic mass is 9.59. The summed E-state index contributed by atoms with van der Waals surface area (Å²) in [5.41, 5.74) is 2.68. The fourth-order valence-electron chi connectivity index (χ4n) is 6.94. The standard InChI is InChI=1S/C32H28BrNO8/c1-41-24-11-17(36)12-25(42-2)29(24)28-18-7-8-19-26(20(18)13-21-27(28)23(37)14-22(33)30(21)38)32(40)34(31(19)39)10-9-15-3-5-16(35)6-4-15/h3-7,11-12,14,19-20,26,28,35-36H,8-10,13H2,1-2H3. The van der Waals surface area contributed by atoms with Gasteiger partial charge < -0.3 is 19.7 Å². The van der Waals surface area contributed by atoms with E-state index in [1.807, 2.05) is 6.08 Å². The van der Waals surface area contributed by atoms with Crippen molar-refractivity contribution in [3.8, 4) is 23.0 Å². The van der Waals surface area contributed by atoms with Gasteiger partial charge in [0.2, 0.25) is 11.8 Å². The minimum atomic E-state index is -0.785. The lowest BCUT2D eigenvalue weighted by Gasteiger charge is -2.42. The number of Topliss-reactive ketones (excluding diaryl/α,β-unsaturated/α-hetero) is 1. The van der Waals surface area contributed by atoms with Crippen LogP contribution >= 0.6 is 15.9 Å². The van der Waals surface area contributed by atoms with Crippen molar-refractivity contribution in [2.45, 2.75) is 25.2 Å². The first-order valence-electron chi connectivity index (χ1n) is 13.6. The number of rotatable bonds is 6. The molecule has 4 aliphatic rings. The van der Waals surface area contributed by atoms with Gasteiger partial charge in [0.05, 0.1) is 30.5 Å². The Morgan fingerprint density at radius 2 is 1.60 bits per heavy atom. The number of ether oxygens (including phenoxy) is 2. The Bertz CT molecular complexity index is 1610. The minimum absolute atomic E-state index is 0.0961. The van der Waals surface area contributed by atoms with Gasteiger partial charge in [-0.3, -0.25) is 24.1 Å². The summed E-state index contributed by atoms with van der Waals surface area (Å²) in [4.78, 5) is 55.8. The number of nitrogens with zero attached hydrogens (tertiary/aromatic N) is 1. The number of benzene rings is 2. The van der Waals surface area contributed by atoms with Crippen molar-refractivity contribution in [2.24, 2.45) is 17.8 Å². The van der Waals surface area contributed by atoms with Crippen molar-refractivity contribution >= 4 is 39.3 Å². The maximum absolute atomic E-state index is 14.0. The SMILES string of the molecule is COc1cc(O)cc(OC)c1C1C2=CCC3C(=O)N(CCc4ccc(O)cc4)C(=O)C3C2CC2=C1C(=O)C=C(Br)C2=O. The molecule has 1 heterocycles. The van der Waals surface area contributed by atoms with E-state index in [1.165, 1.54) is 37.3 Å². The Hall–Kier alpha value is -4.18. The highest BCUT2D eigenvalue weighted by Crippen LogP contribution is 2.58. The molecule has 1 saturated heterocycles. The lowest BCUT2D eigenvalue weighted by molar-refractivity contribution is -0.140. The smallest absolute Gasteiger partial charge is 0.233 e. The maximum Gasteiger partial charge on any atom is 0.233 e. The summed E-state index contributed by atoms with van der Waals surface area (Å²) < 4.78 is 11.4. The molecular formula is C32H28BrNO8. The zero-order chi connectivity index (χ0) is 29.9. The lowest BCUT2D eigenvalue weighted by Crippen LogP contribution is -2.40. The molecule has 0 saturated carbocycles. The van der Waals surface area contributed by atoms with Crippen LogP contribution in [0.3, 0.4) is 0 Å². The fraction of sp³-hybridized carbons (Fsp3) is 0.312. The van der Waals surface area contributed by atoms with Crippen LogP contribution in [0.1, 0.15) is 29.9 Å². The molecule has 9 nitrogen and oxygen atoms in total. The molecule has 1 aliphatic heterocycles. The highest BCUT2D eigenvalue weighted by atomic mass is 79.9. The molecule has 2 amide bonds. The zero-order valence-corrected chi connectivity index (χ0v) is 24.5. The number of amides is 2. The van der Waals surface area contributed by atoms with E-state index in [0.29, 0.717) is 24.0 Å². The predicted molar refractivity (Wildman–Crippen MR) is 154 cm³/mol. The maximum atomic E-state index is 14.0. The first kappa shape index (κ1) is 28.0. The van der Waals surface area contributed by atoms with Gasteiger partial charge in [-0.05, 0) is 58.8 Å². The largest absolute Gasteiger partial charge is 0.508 e. The number of phenolic OH excluding ortho intramolecular Hbond substituents is 2. The van der Waals surface area contributed by atoms with E-state index >= 15 is 0 Å². The monoisotopic (exact) mass is 633 g/mol. The number of hydrogen-bond acceptors (Lipinski definition) is 8. The normalized spacial score (nSPS) is 25.1. The third kappa shape index (κ3) is 4.36. The molecule has 216 valence electrons. The molecule has 2 aromatic carbocycles. The molecule has 10 heteroatoms. The number of carbonyl (C=O) groups is 4. The van der Waals surface area contributed by atoms with Gasteiger partial charge in [0, 0.05) is 47.4 Å². The van der Waals surface area contributed by atoms with Crippen molar-refractivity contribution < 1.29 is 38.9 Å². The first-order chi connectivity index (χ1) is 20.1. The number of likely N-dealkylation sites (tertiary alicyclic amines) is 1. The van der Waals surface area contributed by atoms with E-state index in [-0.39, 0.29) is 69.4 Å². The van der Waals surface area contributed by atoms with Crippen LogP contribution in [0.5, 0.6) is 23.0 Å². The summed E-state index contributed by atoms with van der Waals surface area (Å²) in [5.74, 6) is -3.22. The van der Waals surface area contributed by atoms with Crippen LogP contribution in [0.2, 0.25) is 0 Å². The average Bonchev–Trinajstić information content (AvgIpc) is 3.23. The fourth-order valence-corrected chi connectivity index (χ4v) is 7.38. The number of phenols is 2. The summed E-state index contributed by atoms with van der Waals surface area (Å²) in [6.07, 6.45) is 4.06. The first-order valence-corrected chi connectivity index (χ1v) is 14.4. The van der Waals surface area contributed by atoms with E-state index in [1.54, 1.807) is 24.3 Å². The Morgan fingerprint density at radius 3 is 2.24 bits per heavy atom. The molecule has 0 spiro atoms. The summed E-state index contributed by atoms with van der Waals surface area (Å²) in [6.45, 7) is 0.195. The molecule has 2 aromatic rings. The van der Waals surface area contributed by atoms with E-state index in [2.05, 4.69) is 15.9 Å². The van der Waals surface area contributed by atoms with Crippen LogP contribution in [0, 0.1) is 17.8 Å². The third-order valence-electron chi connectivity index (χ3n) is 8.80. The summed E-state index contributed by atoms with van der Waals surface area (Å²) >= 11 is 3.24. The Morgan fingerprint density at radius 1 is 0.929 bits per heavy atom. The van der Waals surface area contributed by atoms with Crippen molar-refractivity contribution in [1.82, 2.24) is 4.90 Å². The topological polar surface area (TPSA) is 130 Å². The number of halogens is 1. The van der Waals surface area contributed by atoms with Gasteiger partial charge in [-0.15, -0.1) is 0 Å². The third-order valence-corrected chi connectivity index (χ3v) is 9.39. The van der Waals surface area contributed by atoms with Gasteiger partial charge in [0.25, 0.3) is 0 Å². The van der Waals surface area contributed by atoms with Crippen LogP contribution in [0.4, 0.5) is 0 Å². The number of ketones is 2. The van der Waals surface area contributed by atoms with E-state index in [0.717, 1.165) is 11.1 Å². The molecule has 1 fully saturated rings. The number of hydrogen-bond donors (Lipinski definition) is 2. The quantitative estimate of drug-likeness (QED) is 0.276. The van der Waals surface area contributed by atoms with Gasteiger partial charge in [-0.1, -0.05) is 23.8 Å². The molecule has 0 bridgehead atoms. The summed E-state index contributed by atoms with van der Waals surface area (Å²) in [7, 11) is 2.88. The van der Waals surface area contributed by atoms with Crippen LogP contribution in [-0.2, 0) is 25.6 Å². The number of methoxy groups -OCH3 is 2. The Balaban J connectivity index is 1.44. The predicted octanol–water partition coefficient (Wildman–Crippen LogP) is 4.12. The number of imide groups is 1. The van der Waals surface area contributed by atoms with Crippen LogP contribution < -0.4 is 9.47 Å². The van der Waals surface area contributed by atoms with Crippen molar-refractivity contribution in [2.75, 3.05) is 20.8 Å². The van der Waals surface area contributed by atoms with E-state index in [9.17, 15) is 29.4 Å². The van der Waals surface area contributed by atoms with Crippen molar-refractivity contribution in [3.63, 3.8) is 0 Å². The molecule has 4 unspecified atom stereocenters. The van der Waals surface area contributed by atoms with Crippen LogP contribution in [0.25, 0.3) is 0 Å². The molecule has 3 aliphatic carbocycles. The summed E-state index contributed by atoms with van der Waals surface area (Å²) in [5, 5.41) is 19.9. The van der Waals surface area contributed by atoms with Crippen molar-refractivity contribution in [1.29, 1.82) is 0 Å². The number of fused-ring (bicyclic) bond motifs is 3.